The second kappa shape index (κ2) is 6.20. The summed E-state index contributed by atoms with van der Waals surface area (Å²) in [6.45, 7) is 8.17. The van der Waals surface area contributed by atoms with Crippen LogP contribution in [0.4, 0.5) is 0 Å². The lowest BCUT2D eigenvalue weighted by molar-refractivity contribution is -0.160. The van der Waals surface area contributed by atoms with Gasteiger partial charge in [-0.3, -0.25) is 4.79 Å². The Morgan fingerprint density at radius 2 is 2.41 bits per heavy atom. The lowest BCUT2D eigenvalue weighted by Crippen LogP contribution is -2.34. The first-order valence-corrected chi connectivity index (χ1v) is 6.57. The molecule has 3 atom stereocenters. The van der Waals surface area contributed by atoms with Gasteiger partial charge in [-0.2, -0.15) is 0 Å². The fourth-order valence-electron chi connectivity index (χ4n) is 2.58. The van der Waals surface area contributed by atoms with Crippen LogP contribution < -0.4 is 5.73 Å². The Balaban J connectivity index is 2.53. The molecule has 0 aromatic rings. The highest BCUT2D eigenvalue weighted by atomic mass is 16.5. The van der Waals surface area contributed by atoms with Gasteiger partial charge in [0.1, 0.15) is 6.10 Å². The molecule has 98 valence electrons. The van der Waals surface area contributed by atoms with E-state index in [1.54, 1.807) is 0 Å². The van der Waals surface area contributed by atoms with Crippen LogP contribution >= 0.6 is 0 Å². The monoisotopic (exact) mass is 239 g/mol. The predicted molar refractivity (Wildman–Crippen MR) is 69.5 cm³/mol. The predicted octanol–water partition coefficient (Wildman–Crippen LogP) is 2.65. The molecule has 0 saturated heterocycles. The standard InChI is InChI=1S/C14H25NO2/c1-4-6-11-7-8-14(3,9-11)13(16)17-12(5-2)10-15/h4,11-12H,1,5-10,15H2,2-3H3. The maximum atomic E-state index is 12.1. The van der Waals surface area contributed by atoms with Crippen molar-refractivity contribution in [1.29, 1.82) is 0 Å². The summed E-state index contributed by atoms with van der Waals surface area (Å²) >= 11 is 0. The number of carbonyl (C=O) groups excluding carboxylic acids is 1. The molecule has 17 heavy (non-hydrogen) atoms. The maximum Gasteiger partial charge on any atom is 0.312 e. The smallest absolute Gasteiger partial charge is 0.312 e. The molecule has 0 aromatic carbocycles. The van der Waals surface area contributed by atoms with E-state index < -0.39 is 0 Å². The van der Waals surface area contributed by atoms with E-state index >= 15 is 0 Å². The van der Waals surface area contributed by atoms with E-state index in [2.05, 4.69) is 6.58 Å². The molecule has 0 heterocycles. The molecule has 1 rings (SSSR count). The Labute approximate surface area is 104 Å². The molecule has 3 unspecified atom stereocenters. The van der Waals surface area contributed by atoms with Crippen molar-refractivity contribution in [3.05, 3.63) is 12.7 Å². The average molecular weight is 239 g/mol. The van der Waals surface area contributed by atoms with Crippen LogP contribution in [0.5, 0.6) is 0 Å². The third-order valence-electron chi connectivity index (χ3n) is 3.83. The number of esters is 1. The summed E-state index contributed by atoms with van der Waals surface area (Å²) < 4.78 is 5.47. The number of allylic oxidation sites excluding steroid dienone is 1. The molecule has 2 N–H and O–H groups in total. The van der Waals surface area contributed by atoms with Crippen molar-refractivity contribution in [2.75, 3.05) is 6.54 Å². The lowest BCUT2D eigenvalue weighted by atomic mass is 9.87. The van der Waals surface area contributed by atoms with Gasteiger partial charge >= 0.3 is 5.97 Å². The van der Waals surface area contributed by atoms with Crippen molar-refractivity contribution in [2.45, 2.75) is 52.1 Å². The van der Waals surface area contributed by atoms with Gasteiger partial charge in [0.05, 0.1) is 5.41 Å². The summed E-state index contributed by atoms with van der Waals surface area (Å²) in [6, 6.07) is 0. The van der Waals surface area contributed by atoms with Crippen LogP contribution in [0.15, 0.2) is 12.7 Å². The van der Waals surface area contributed by atoms with Gasteiger partial charge in [0.25, 0.3) is 0 Å². The van der Waals surface area contributed by atoms with E-state index in [-0.39, 0.29) is 17.5 Å². The number of hydrogen-bond acceptors (Lipinski definition) is 3. The molecule has 1 aliphatic carbocycles. The highest BCUT2D eigenvalue weighted by molar-refractivity contribution is 5.77. The van der Waals surface area contributed by atoms with Gasteiger partial charge in [-0.1, -0.05) is 13.0 Å². The first-order chi connectivity index (χ1) is 8.05. The summed E-state index contributed by atoms with van der Waals surface area (Å²) in [6.07, 6.45) is 6.53. The third-order valence-corrected chi connectivity index (χ3v) is 3.83. The maximum absolute atomic E-state index is 12.1. The summed E-state index contributed by atoms with van der Waals surface area (Å²) in [7, 11) is 0. The van der Waals surface area contributed by atoms with Gasteiger partial charge in [0, 0.05) is 6.54 Å². The topological polar surface area (TPSA) is 52.3 Å². The third kappa shape index (κ3) is 3.56. The SMILES string of the molecule is C=CCC1CCC(C)(C(=O)OC(CC)CN)C1. The number of nitrogens with two attached hydrogens (primary N) is 1. The van der Waals surface area contributed by atoms with Gasteiger partial charge in [-0.25, -0.2) is 0 Å². The van der Waals surface area contributed by atoms with Crippen LogP contribution in [-0.2, 0) is 9.53 Å². The normalized spacial score (nSPS) is 29.9. The molecule has 0 aliphatic heterocycles. The van der Waals surface area contributed by atoms with Gasteiger partial charge in [0.2, 0.25) is 0 Å². The number of hydrogen-bond donors (Lipinski definition) is 1. The Kier molecular flexibility index (Phi) is 5.19. The minimum absolute atomic E-state index is 0.0682. The highest BCUT2D eigenvalue weighted by Gasteiger charge is 2.42. The van der Waals surface area contributed by atoms with Crippen molar-refractivity contribution < 1.29 is 9.53 Å². The van der Waals surface area contributed by atoms with Crippen molar-refractivity contribution in [3.63, 3.8) is 0 Å². The zero-order chi connectivity index (χ0) is 12.9. The Morgan fingerprint density at radius 1 is 1.71 bits per heavy atom. The van der Waals surface area contributed by atoms with Crippen LogP contribution in [0.3, 0.4) is 0 Å². The van der Waals surface area contributed by atoms with Gasteiger partial charge in [0.15, 0.2) is 0 Å². The molecule has 0 bridgehead atoms. The van der Waals surface area contributed by atoms with Crippen molar-refractivity contribution in [2.24, 2.45) is 17.1 Å². The molecule has 1 saturated carbocycles. The molecular weight excluding hydrogens is 214 g/mol. The minimum Gasteiger partial charge on any atom is -0.461 e. The Morgan fingerprint density at radius 3 is 2.94 bits per heavy atom. The zero-order valence-corrected chi connectivity index (χ0v) is 11.1. The van der Waals surface area contributed by atoms with Crippen LogP contribution in [-0.4, -0.2) is 18.6 Å². The minimum atomic E-state index is -0.309. The van der Waals surface area contributed by atoms with Crippen LogP contribution in [0.25, 0.3) is 0 Å². The molecule has 1 aliphatic rings. The number of rotatable bonds is 6. The fourth-order valence-corrected chi connectivity index (χ4v) is 2.58. The van der Waals surface area contributed by atoms with Gasteiger partial charge < -0.3 is 10.5 Å². The van der Waals surface area contributed by atoms with Crippen molar-refractivity contribution >= 4 is 5.97 Å². The van der Waals surface area contributed by atoms with E-state index in [9.17, 15) is 4.79 Å². The van der Waals surface area contributed by atoms with Crippen LogP contribution in [0.2, 0.25) is 0 Å². The molecular formula is C14H25NO2. The largest absolute Gasteiger partial charge is 0.461 e. The molecule has 3 nitrogen and oxygen atoms in total. The summed E-state index contributed by atoms with van der Waals surface area (Å²) in [5.41, 5.74) is 5.25. The second-order valence-corrected chi connectivity index (χ2v) is 5.37. The van der Waals surface area contributed by atoms with Gasteiger partial charge in [-0.05, 0) is 44.9 Å². The van der Waals surface area contributed by atoms with Crippen molar-refractivity contribution in [3.8, 4) is 0 Å². The number of carbonyl (C=O) groups is 1. The molecule has 0 aromatic heterocycles. The Hall–Kier alpha value is -0.830. The second-order valence-electron chi connectivity index (χ2n) is 5.37. The summed E-state index contributed by atoms with van der Waals surface area (Å²) in [5.74, 6) is 0.518. The van der Waals surface area contributed by atoms with Crippen molar-refractivity contribution in [1.82, 2.24) is 0 Å². The van der Waals surface area contributed by atoms with E-state index in [4.69, 9.17) is 10.5 Å². The van der Waals surface area contributed by atoms with E-state index in [1.165, 1.54) is 0 Å². The van der Waals surface area contributed by atoms with E-state index in [1.807, 2.05) is 19.9 Å². The first kappa shape index (κ1) is 14.2. The number of ether oxygens (including phenoxy) is 1. The average Bonchev–Trinajstić information content (AvgIpc) is 2.69. The lowest BCUT2D eigenvalue weighted by Gasteiger charge is -2.25. The quantitative estimate of drug-likeness (QED) is 0.572. The van der Waals surface area contributed by atoms with E-state index in [0.29, 0.717) is 12.5 Å². The molecule has 0 amide bonds. The molecule has 3 heteroatoms. The van der Waals surface area contributed by atoms with E-state index in [0.717, 1.165) is 32.1 Å². The molecule has 0 radical (unpaired) electrons. The molecule has 1 fully saturated rings. The molecule has 0 spiro atoms. The van der Waals surface area contributed by atoms with Gasteiger partial charge in [-0.15, -0.1) is 6.58 Å². The van der Waals surface area contributed by atoms with Crippen LogP contribution in [0, 0.1) is 11.3 Å². The fraction of sp³-hybridized carbons (Fsp3) is 0.786. The Bertz CT molecular complexity index is 273. The first-order valence-electron chi connectivity index (χ1n) is 6.57. The van der Waals surface area contributed by atoms with Crippen LogP contribution in [0.1, 0.15) is 46.0 Å². The summed E-state index contributed by atoms with van der Waals surface area (Å²) in [5, 5.41) is 0. The summed E-state index contributed by atoms with van der Waals surface area (Å²) in [4.78, 5) is 12.1. The highest BCUT2D eigenvalue weighted by Crippen LogP contribution is 2.44. The zero-order valence-electron chi connectivity index (χ0n) is 11.1.